The van der Waals surface area contributed by atoms with Crippen molar-refractivity contribution in [3.63, 3.8) is 0 Å². The van der Waals surface area contributed by atoms with E-state index in [0.29, 0.717) is 25.3 Å². The summed E-state index contributed by atoms with van der Waals surface area (Å²) < 4.78 is 39.5. The van der Waals surface area contributed by atoms with Crippen LogP contribution in [0, 0.1) is 6.92 Å². The summed E-state index contributed by atoms with van der Waals surface area (Å²) in [4.78, 5) is 15.9. The molecule has 0 aromatic heterocycles. The number of benzene rings is 2. The summed E-state index contributed by atoms with van der Waals surface area (Å²) in [6.07, 6.45) is -4.43. The molecule has 0 aliphatic carbocycles. The Morgan fingerprint density at radius 1 is 0.964 bits per heavy atom. The molecule has 2 amide bonds. The highest BCUT2D eigenvalue weighted by Crippen LogP contribution is 2.36. The van der Waals surface area contributed by atoms with Crippen LogP contribution in [0.25, 0.3) is 0 Å². The van der Waals surface area contributed by atoms with Crippen LogP contribution in [0.4, 0.5) is 23.7 Å². The Bertz CT molecular complexity index is 867. The summed E-state index contributed by atoms with van der Waals surface area (Å²) in [5, 5.41) is 0. The van der Waals surface area contributed by atoms with Crippen molar-refractivity contribution in [2.24, 2.45) is 0 Å². The summed E-state index contributed by atoms with van der Waals surface area (Å²) in [7, 11) is 0. The number of hydrogen-bond donors (Lipinski definition) is 0. The molecule has 0 atom stereocenters. The number of alkyl halides is 3. The van der Waals surface area contributed by atoms with Crippen molar-refractivity contribution in [1.82, 2.24) is 4.90 Å². The lowest BCUT2D eigenvalue weighted by atomic mass is 9.87. The number of halogens is 3. The van der Waals surface area contributed by atoms with Crippen molar-refractivity contribution in [3.05, 3.63) is 64.7 Å². The lowest BCUT2D eigenvalue weighted by Crippen LogP contribution is -2.32. The molecule has 2 aromatic carbocycles. The Kier molecular flexibility index (Phi) is 5.17. The molecule has 1 aliphatic rings. The third kappa shape index (κ3) is 4.01. The second kappa shape index (κ2) is 7.15. The van der Waals surface area contributed by atoms with Gasteiger partial charge in [-0.2, -0.15) is 13.2 Å². The minimum Gasteiger partial charge on any atom is -0.318 e. The molecule has 0 N–H and O–H groups in total. The number of urea groups is 1. The van der Waals surface area contributed by atoms with Gasteiger partial charge in [-0.25, -0.2) is 4.79 Å². The number of carbonyl (C=O) groups is 1. The second-order valence-electron chi connectivity index (χ2n) is 8.25. The molecule has 6 heteroatoms. The Labute approximate surface area is 163 Å². The Hall–Kier alpha value is -2.50. The summed E-state index contributed by atoms with van der Waals surface area (Å²) >= 11 is 0. The molecule has 0 saturated carbocycles. The van der Waals surface area contributed by atoms with Crippen molar-refractivity contribution in [2.75, 3.05) is 18.0 Å². The van der Waals surface area contributed by atoms with Gasteiger partial charge >= 0.3 is 12.2 Å². The van der Waals surface area contributed by atoms with E-state index in [-0.39, 0.29) is 17.0 Å². The predicted octanol–water partition coefficient (Wildman–Crippen LogP) is 5.75. The van der Waals surface area contributed by atoms with E-state index in [1.165, 1.54) is 23.5 Å². The molecule has 0 spiro atoms. The van der Waals surface area contributed by atoms with Gasteiger partial charge in [0, 0.05) is 25.3 Å². The van der Waals surface area contributed by atoms with Gasteiger partial charge in [0.05, 0.1) is 5.56 Å². The Morgan fingerprint density at radius 2 is 1.61 bits per heavy atom. The molecule has 1 aliphatic heterocycles. The highest BCUT2D eigenvalue weighted by atomic mass is 19.4. The fraction of sp³-hybridized carbons (Fsp3) is 0.409. The van der Waals surface area contributed by atoms with E-state index < -0.39 is 11.7 Å². The summed E-state index contributed by atoms with van der Waals surface area (Å²) in [6, 6.07) is 11.8. The molecule has 3 rings (SSSR count). The molecule has 28 heavy (non-hydrogen) atoms. The largest absolute Gasteiger partial charge is 0.416 e. The molecule has 1 fully saturated rings. The zero-order valence-corrected chi connectivity index (χ0v) is 16.6. The van der Waals surface area contributed by atoms with Gasteiger partial charge < -0.3 is 4.90 Å². The third-order valence-corrected chi connectivity index (χ3v) is 5.19. The van der Waals surface area contributed by atoms with Gasteiger partial charge in [0.1, 0.15) is 0 Å². The number of carbonyl (C=O) groups excluding carboxylic acids is 1. The van der Waals surface area contributed by atoms with Crippen molar-refractivity contribution in [3.8, 4) is 0 Å². The zero-order chi connectivity index (χ0) is 20.7. The first-order valence-electron chi connectivity index (χ1n) is 9.31. The third-order valence-electron chi connectivity index (χ3n) is 5.19. The smallest absolute Gasteiger partial charge is 0.318 e. The number of rotatable bonds is 3. The minimum atomic E-state index is -4.43. The average Bonchev–Trinajstić information content (AvgIpc) is 2.94. The molecule has 1 heterocycles. The lowest BCUT2D eigenvalue weighted by molar-refractivity contribution is -0.138. The summed E-state index contributed by atoms with van der Waals surface area (Å²) in [5.41, 5.74) is 1.98. The first-order chi connectivity index (χ1) is 13.0. The van der Waals surface area contributed by atoms with Crippen LogP contribution in [0.1, 0.15) is 43.0 Å². The van der Waals surface area contributed by atoms with Gasteiger partial charge in [0.2, 0.25) is 0 Å². The van der Waals surface area contributed by atoms with Crippen LogP contribution >= 0.6 is 0 Å². The molecule has 0 bridgehead atoms. The molecule has 0 unspecified atom stereocenters. The Balaban J connectivity index is 1.77. The van der Waals surface area contributed by atoms with E-state index in [4.69, 9.17) is 0 Å². The molecule has 3 nitrogen and oxygen atoms in total. The standard InChI is InChI=1S/C22H25F3N2O/c1-15-18(22(23,24)25)6-5-7-19(15)27-13-12-26(20(27)28)14-16-8-10-17(11-9-16)21(2,3)4/h5-11H,12-14H2,1-4H3. The van der Waals surface area contributed by atoms with Crippen molar-refractivity contribution in [2.45, 2.75) is 45.8 Å². The van der Waals surface area contributed by atoms with Crippen LogP contribution in [0.5, 0.6) is 0 Å². The van der Waals surface area contributed by atoms with Crippen LogP contribution < -0.4 is 4.90 Å². The number of nitrogens with zero attached hydrogens (tertiary/aromatic N) is 2. The van der Waals surface area contributed by atoms with E-state index in [0.717, 1.165) is 11.6 Å². The number of amides is 2. The average molecular weight is 390 g/mol. The molecule has 150 valence electrons. The van der Waals surface area contributed by atoms with E-state index >= 15 is 0 Å². The summed E-state index contributed by atoms with van der Waals surface area (Å²) in [6.45, 7) is 9.14. The highest BCUT2D eigenvalue weighted by molar-refractivity contribution is 5.95. The van der Waals surface area contributed by atoms with Crippen LogP contribution in [0.2, 0.25) is 0 Å². The second-order valence-corrected chi connectivity index (χ2v) is 8.25. The van der Waals surface area contributed by atoms with Gasteiger partial charge in [-0.15, -0.1) is 0 Å². The normalized spacial score (nSPS) is 15.5. The van der Waals surface area contributed by atoms with Crippen LogP contribution in [-0.2, 0) is 18.1 Å². The first-order valence-corrected chi connectivity index (χ1v) is 9.31. The van der Waals surface area contributed by atoms with E-state index in [9.17, 15) is 18.0 Å². The maximum absolute atomic E-state index is 13.2. The van der Waals surface area contributed by atoms with E-state index in [2.05, 4.69) is 32.9 Å². The van der Waals surface area contributed by atoms with Gasteiger partial charge in [-0.1, -0.05) is 51.1 Å². The van der Waals surface area contributed by atoms with Crippen LogP contribution in [0.3, 0.4) is 0 Å². The predicted molar refractivity (Wildman–Crippen MR) is 104 cm³/mol. The topological polar surface area (TPSA) is 23.6 Å². The van der Waals surface area contributed by atoms with Gasteiger partial charge in [-0.05, 0) is 41.2 Å². The Morgan fingerprint density at radius 3 is 2.18 bits per heavy atom. The van der Waals surface area contributed by atoms with E-state index in [1.54, 1.807) is 11.0 Å². The SMILES string of the molecule is Cc1c(N2CCN(Cc3ccc(C(C)(C)C)cc3)C2=O)cccc1C(F)(F)F. The van der Waals surface area contributed by atoms with Crippen molar-refractivity contribution in [1.29, 1.82) is 0 Å². The maximum atomic E-state index is 13.2. The fourth-order valence-electron chi connectivity index (χ4n) is 3.51. The molecule has 0 radical (unpaired) electrons. The monoisotopic (exact) mass is 390 g/mol. The first kappa shape index (κ1) is 20.2. The van der Waals surface area contributed by atoms with E-state index in [1.807, 2.05) is 12.1 Å². The quantitative estimate of drug-likeness (QED) is 0.654. The van der Waals surface area contributed by atoms with Crippen LogP contribution in [0.15, 0.2) is 42.5 Å². The highest BCUT2D eigenvalue weighted by Gasteiger charge is 2.36. The number of anilines is 1. The maximum Gasteiger partial charge on any atom is 0.416 e. The number of hydrogen-bond acceptors (Lipinski definition) is 1. The fourth-order valence-corrected chi connectivity index (χ4v) is 3.51. The molecular formula is C22H25F3N2O. The summed E-state index contributed by atoms with van der Waals surface area (Å²) in [5.74, 6) is 0. The van der Waals surface area contributed by atoms with Crippen LogP contribution in [-0.4, -0.2) is 24.0 Å². The molecular weight excluding hydrogens is 365 g/mol. The van der Waals surface area contributed by atoms with Crippen molar-refractivity contribution >= 4 is 11.7 Å². The minimum absolute atomic E-state index is 0.0554. The van der Waals surface area contributed by atoms with Gasteiger partial charge in [0.25, 0.3) is 0 Å². The van der Waals surface area contributed by atoms with Gasteiger partial charge in [-0.3, -0.25) is 4.90 Å². The molecule has 2 aromatic rings. The molecule has 1 saturated heterocycles. The van der Waals surface area contributed by atoms with Gasteiger partial charge in [0.15, 0.2) is 0 Å². The van der Waals surface area contributed by atoms with Crippen molar-refractivity contribution < 1.29 is 18.0 Å². The zero-order valence-electron chi connectivity index (χ0n) is 16.6. The lowest BCUT2D eigenvalue weighted by Gasteiger charge is -2.23.